The summed E-state index contributed by atoms with van der Waals surface area (Å²) in [6, 6.07) is 2.93. The molecule has 1 aromatic carbocycles. The van der Waals surface area contributed by atoms with Crippen molar-refractivity contribution in [1.82, 2.24) is 0 Å². The number of hydrogen-bond acceptors (Lipinski definition) is 1. The lowest BCUT2D eigenvalue weighted by Crippen LogP contribution is -2.14. The molecule has 0 fully saturated rings. The third kappa shape index (κ3) is 4.06. The van der Waals surface area contributed by atoms with Gasteiger partial charge in [-0.15, -0.1) is 0 Å². The fourth-order valence-corrected chi connectivity index (χ4v) is 1.21. The van der Waals surface area contributed by atoms with Gasteiger partial charge in [-0.3, -0.25) is 4.79 Å². The van der Waals surface area contributed by atoms with Gasteiger partial charge in [-0.05, 0) is 18.1 Å². The minimum absolute atomic E-state index is 0.151. The molecule has 0 saturated heterocycles. The quantitative estimate of drug-likeness (QED) is 0.821. The summed E-state index contributed by atoms with van der Waals surface area (Å²) in [5, 5.41) is 2.44. The molecule has 1 amide bonds. The first-order valence-corrected chi connectivity index (χ1v) is 4.73. The fourth-order valence-electron chi connectivity index (χ4n) is 1.21. The van der Waals surface area contributed by atoms with Crippen molar-refractivity contribution < 1.29 is 13.6 Å². The van der Waals surface area contributed by atoms with Gasteiger partial charge in [-0.2, -0.15) is 0 Å². The van der Waals surface area contributed by atoms with Crippen molar-refractivity contribution in [2.75, 3.05) is 5.32 Å². The van der Waals surface area contributed by atoms with E-state index in [-0.39, 0.29) is 17.5 Å². The van der Waals surface area contributed by atoms with Gasteiger partial charge in [0, 0.05) is 18.2 Å². The number of hydrogen-bond donors (Lipinski definition) is 1. The first-order valence-electron chi connectivity index (χ1n) is 4.73. The zero-order chi connectivity index (χ0) is 11.4. The molecule has 0 radical (unpaired) electrons. The van der Waals surface area contributed by atoms with Gasteiger partial charge >= 0.3 is 0 Å². The van der Waals surface area contributed by atoms with Crippen molar-refractivity contribution in [3.8, 4) is 0 Å². The zero-order valence-corrected chi connectivity index (χ0v) is 8.68. The molecule has 0 atom stereocenters. The molecule has 0 spiro atoms. The van der Waals surface area contributed by atoms with E-state index in [9.17, 15) is 13.6 Å². The Hall–Kier alpha value is -1.45. The molecule has 0 saturated carbocycles. The fraction of sp³-hybridized carbons (Fsp3) is 0.364. The number of carbonyl (C=O) groups excluding carboxylic acids is 1. The van der Waals surface area contributed by atoms with Crippen LogP contribution in [0.5, 0.6) is 0 Å². The molecule has 4 heteroatoms. The van der Waals surface area contributed by atoms with Crippen molar-refractivity contribution in [2.24, 2.45) is 5.92 Å². The Balaban J connectivity index is 2.68. The van der Waals surface area contributed by atoms with Crippen LogP contribution in [0.3, 0.4) is 0 Å². The minimum atomic E-state index is -0.699. The van der Waals surface area contributed by atoms with Crippen LogP contribution in [0.4, 0.5) is 14.5 Å². The Labute approximate surface area is 87.3 Å². The van der Waals surface area contributed by atoms with Crippen LogP contribution < -0.4 is 5.32 Å². The average Bonchev–Trinajstić information content (AvgIpc) is 1.98. The molecule has 1 N–H and O–H groups in total. The summed E-state index contributed by atoms with van der Waals surface area (Å²) in [6.45, 7) is 3.79. The minimum Gasteiger partial charge on any atom is -0.326 e. The third-order valence-electron chi connectivity index (χ3n) is 1.74. The lowest BCUT2D eigenvalue weighted by atomic mass is 10.1. The van der Waals surface area contributed by atoms with Crippen LogP contribution in [-0.2, 0) is 4.79 Å². The number of carbonyl (C=O) groups is 1. The highest BCUT2D eigenvalue weighted by atomic mass is 19.1. The highest BCUT2D eigenvalue weighted by Gasteiger charge is 2.07. The number of halogens is 2. The molecule has 15 heavy (non-hydrogen) atoms. The van der Waals surface area contributed by atoms with Crippen LogP contribution in [0.1, 0.15) is 20.3 Å². The number of amides is 1. The first-order chi connectivity index (χ1) is 6.97. The number of benzene rings is 1. The SMILES string of the molecule is CC(C)CC(=O)Nc1cc(F)cc(F)c1. The van der Waals surface area contributed by atoms with Crippen molar-refractivity contribution in [1.29, 1.82) is 0 Å². The summed E-state index contributed by atoms with van der Waals surface area (Å²) in [7, 11) is 0. The maximum Gasteiger partial charge on any atom is 0.224 e. The van der Waals surface area contributed by atoms with E-state index < -0.39 is 11.6 Å². The van der Waals surface area contributed by atoms with Crippen molar-refractivity contribution >= 4 is 11.6 Å². The van der Waals surface area contributed by atoms with E-state index in [0.717, 1.165) is 18.2 Å². The molecule has 0 unspecified atom stereocenters. The van der Waals surface area contributed by atoms with Crippen LogP contribution in [0, 0.1) is 17.6 Å². The van der Waals surface area contributed by atoms with Gasteiger partial charge in [0.25, 0.3) is 0 Å². The summed E-state index contributed by atoms with van der Waals surface area (Å²) < 4.78 is 25.5. The second kappa shape index (κ2) is 4.87. The smallest absolute Gasteiger partial charge is 0.224 e. The molecule has 0 aliphatic heterocycles. The van der Waals surface area contributed by atoms with Crippen LogP contribution >= 0.6 is 0 Å². The Bertz CT molecular complexity index is 343. The molecule has 2 nitrogen and oxygen atoms in total. The van der Waals surface area contributed by atoms with Crippen LogP contribution in [0.25, 0.3) is 0 Å². The molecule has 0 bridgehead atoms. The van der Waals surface area contributed by atoms with Gasteiger partial charge in [0.05, 0.1) is 0 Å². The predicted octanol–water partition coefficient (Wildman–Crippen LogP) is 2.95. The van der Waals surface area contributed by atoms with Gasteiger partial charge < -0.3 is 5.32 Å². The maximum atomic E-state index is 12.7. The van der Waals surface area contributed by atoms with Crippen molar-refractivity contribution in [2.45, 2.75) is 20.3 Å². The van der Waals surface area contributed by atoms with Crippen LogP contribution in [-0.4, -0.2) is 5.91 Å². The Morgan fingerprint density at radius 3 is 2.27 bits per heavy atom. The Morgan fingerprint density at radius 2 is 1.80 bits per heavy atom. The van der Waals surface area contributed by atoms with Gasteiger partial charge in [-0.1, -0.05) is 13.8 Å². The number of rotatable bonds is 3. The molecular weight excluding hydrogens is 200 g/mol. The Kier molecular flexibility index (Phi) is 3.77. The van der Waals surface area contributed by atoms with E-state index in [2.05, 4.69) is 5.32 Å². The van der Waals surface area contributed by atoms with Gasteiger partial charge in [0.15, 0.2) is 0 Å². The molecule has 0 aromatic heterocycles. The molecule has 0 aliphatic carbocycles. The molecule has 0 heterocycles. The Morgan fingerprint density at radius 1 is 1.27 bits per heavy atom. The van der Waals surface area contributed by atoms with Crippen LogP contribution in [0.2, 0.25) is 0 Å². The van der Waals surface area contributed by atoms with E-state index in [1.54, 1.807) is 0 Å². The second-order valence-electron chi connectivity index (χ2n) is 3.80. The van der Waals surface area contributed by atoms with E-state index >= 15 is 0 Å². The van der Waals surface area contributed by atoms with E-state index in [1.807, 2.05) is 13.8 Å². The van der Waals surface area contributed by atoms with Crippen molar-refractivity contribution in [3.63, 3.8) is 0 Å². The van der Waals surface area contributed by atoms with Crippen LogP contribution in [0.15, 0.2) is 18.2 Å². The normalized spacial score (nSPS) is 10.5. The highest BCUT2D eigenvalue weighted by Crippen LogP contribution is 2.13. The topological polar surface area (TPSA) is 29.1 Å². The summed E-state index contributed by atoms with van der Waals surface area (Å²) in [5.74, 6) is -1.43. The summed E-state index contributed by atoms with van der Waals surface area (Å²) >= 11 is 0. The first kappa shape index (κ1) is 11.6. The van der Waals surface area contributed by atoms with Crippen molar-refractivity contribution in [3.05, 3.63) is 29.8 Å². The highest BCUT2D eigenvalue weighted by molar-refractivity contribution is 5.90. The second-order valence-corrected chi connectivity index (χ2v) is 3.80. The van der Waals surface area contributed by atoms with E-state index in [0.29, 0.717) is 6.42 Å². The monoisotopic (exact) mass is 213 g/mol. The van der Waals surface area contributed by atoms with E-state index in [4.69, 9.17) is 0 Å². The lowest BCUT2D eigenvalue weighted by Gasteiger charge is -2.07. The lowest BCUT2D eigenvalue weighted by molar-refractivity contribution is -0.116. The van der Waals surface area contributed by atoms with Gasteiger partial charge in [-0.25, -0.2) is 8.78 Å². The summed E-state index contributed by atoms with van der Waals surface area (Å²) in [6.07, 6.45) is 0.331. The van der Waals surface area contributed by atoms with Gasteiger partial charge in [0.2, 0.25) is 5.91 Å². The third-order valence-corrected chi connectivity index (χ3v) is 1.74. The number of anilines is 1. The summed E-state index contributed by atoms with van der Waals surface area (Å²) in [5.41, 5.74) is 0.151. The molecule has 82 valence electrons. The largest absolute Gasteiger partial charge is 0.326 e. The summed E-state index contributed by atoms with van der Waals surface area (Å²) in [4.78, 5) is 11.3. The van der Waals surface area contributed by atoms with Gasteiger partial charge in [0.1, 0.15) is 11.6 Å². The standard InChI is InChI=1S/C11H13F2NO/c1-7(2)3-11(15)14-10-5-8(12)4-9(13)6-10/h4-7H,3H2,1-2H3,(H,14,15). The molecule has 0 aliphatic rings. The molecule has 1 aromatic rings. The zero-order valence-electron chi connectivity index (χ0n) is 8.68. The van der Waals surface area contributed by atoms with E-state index in [1.165, 1.54) is 0 Å². The average molecular weight is 213 g/mol. The predicted molar refractivity (Wildman–Crippen MR) is 54.4 cm³/mol. The molecular formula is C11H13F2NO. The number of nitrogens with one attached hydrogen (secondary N) is 1. The maximum absolute atomic E-state index is 12.7. The molecule has 1 rings (SSSR count).